The lowest BCUT2D eigenvalue weighted by Gasteiger charge is -2.20. The molecule has 0 aliphatic rings. The molecule has 0 spiro atoms. The van der Waals surface area contributed by atoms with E-state index in [0.717, 1.165) is 19.4 Å². The molecular weight excluding hydrogens is 222 g/mol. The van der Waals surface area contributed by atoms with Gasteiger partial charge in [-0.1, -0.05) is 6.92 Å². The first-order valence-electron chi connectivity index (χ1n) is 6.15. The second-order valence-electron chi connectivity index (χ2n) is 5.47. The summed E-state index contributed by atoms with van der Waals surface area (Å²) in [4.78, 5) is 0. The van der Waals surface area contributed by atoms with Crippen LogP contribution >= 0.6 is 0 Å². The molecule has 0 saturated heterocycles. The van der Waals surface area contributed by atoms with Crippen LogP contribution in [0.3, 0.4) is 0 Å². The van der Waals surface area contributed by atoms with Crippen LogP contribution in [0.5, 0.6) is 0 Å². The Hall–Kier alpha value is -0.0900. The molecule has 1 N–H and O–H groups in total. The maximum absolute atomic E-state index is 11.7. The van der Waals surface area contributed by atoms with Gasteiger partial charge in [-0.05, 0) is 53.5 Å². The minimum atomic E-state index is -2.85. The summed E-state index contributed by atoms with van der Waals surface area (Å²) < 4.78 is 23.4. The second kappa shape index (κ2) is 6.60. The van der Waals surface area contributed by atoms with E-state index in [-0.39, 0.29) is 10.8 Å². The van der Waals surface area contributed by atoms with Crippen LogP contribution < -0.4 is 5.32 Å². The van der Waals surface area contributed by atoms with Gasteiger partial charge in [-0.2, -0.15) is 0 Å². The first-order valence-corrected chi connectivity index (χ1v) is 7.87. The fourth-order valence-electron chi connectivity index (χ4n) is 1.35. The third-order valence-corrected chi connectivity index (χ3v) is 5.12. The van der Waals surface area contributed by atoms with E-state index >= 15 is 0 Å². The van der Waals surface area contributed by atoms with Crippen LogP contribution in [0.4, 0.5) is 0 Å². The Kier molecular flexibility index (Phi) is 6.56. The highest BCUT2D eigenvalue weighted by Gasteiger charge is 2.18. The van der Waals surface area contributed by atoms with Crippen LogP contribution in [-0.4, -0.2) is 31.5 Å². The molecule has 0 aliphatic heterocycles. The molecule has 0 fully saturated rings. The largest absolute Gasteiger partial charge is 0.312 e. The predicted octanol–water partition coefficient (Wildman–Crippen LogP) is 2.37. The van der Waals surface area contributed by atoms with Crippen molar-refractivity contribution in [3.8, 4) is 0 Å². The van der Waals surface area contributed by atoms with E-state index in [1.165, 1.54) is 0 Å². The first-order chi connectivity index (χ1) is 7.19. The summed E-state index contributed by atoms with van der Waals surface area (Å²) in [7, 11) is -2.85. The molecule has 3 nitrogen and oxygen atoms in total. The fraction of sp³-hybridized carbons (Fsp3) is 1.00. The minimum Gasteiger partial charge on any atom is -0.312 e. The van der Waals surface area contributed by atoms with Crippen LogP contribution in [-0.2, 0) is 9.84 Å². The van der Waals surface area contributed by atoms with E-state index < -0.39 is 9.84 Å². The quantitative estimate of drug-likeness (QED) is 0.705. The lowest BCUT2D eigenvalue weighted by molar-refractivity contribution is 0.421. The summed E-state index contributed by atoms with van der Waals surface area (Å²) in [6.45, 7) is 10.9. The molecule has 98 valence electrons. The van der Waals surface area contributed by atoms with Crippen molar-refractivity contribution < 1.29 is 8.42 Å². The van der Waals surface area contributed by atoms with E-state index in [4.69, 9.17) is 0 Å². The molecule has 0 saturated carbocycles. The van der Waals surface area contributed by atoms with Gasteiger partial charge in [0.25, 0.3) is 0 Å². The molecule has 0 aliphatic carbocycles. The molecule has 1 unspecified atom stereocenters. The van der Waals surface area contributed by atoms with Gasteiger partial charge in [0.05, 0.1) is 11.0 Å². The number of hydrogen-bond acceptors (Lipinski definition) is 3. The lowest BCUT2D eigenvalue weighted by Crippen LogP contribution is -2.36. The standard InChI is InChI=1S/C12H27NO2S/c1-6-11(2)16(14,15)10-8-7-9-13-12(3,4)5/h11,13H,6-10H2,1-5H3. The van der Waals surface area contributed by atoms with E-state index in [1.807, 2.05) is 6.92 Å². The molecule has 1 atom stereocenters. The van der Waals surface area contributed by atoms with Gasteiger partial charge in [-0.3, -0.25) is 0 Å². The number of unbranched alkanes of at least 4 members (excludes halogenated alkanes) is 1. The van der Waals surface area contributed by atoms with E-state index in [2.05, 4.69) is 26.1 Å². The van der Waals surface area contributed by atoms with Crippen molar-refractivity contribution in [1.82, 2.24) is 5.32 Å². The maximum atomic E-state index is 11.7. The molecule has 0 bridgehead atoms. The van der Waals surface area contributed by atoms with E-state index in [9.17, 15) is 8.42 Å². The Balaban J connectivity index is 3.75. The van der Waals surface area contributed by atoms with Crippen molar-refractivity contribution in [2.75, 3.05) is 12.3 Å². The monoisotopic (exact) mass is 249 g/mol. The average Bonchev–Trinajstić information content (AvgIpc) is 2.14. The van der Waals surface area contributed by atoms with Gasteiger partial charge in [-0.25, -0.2) is 8.42 Å². The highest BCUT2D eigenvalue weighted by Crippen LogP contribution is 2.08. The molecule has 0 amide bonds. The summed E-state index contributed by atoms with van der Waals surface area (Å²) in [5.74, 6) is 0.327. The summed E-state index contributed by atoms with van der Waals surface area (Å²) in [5.41, 5.74) is 0.121. The van der Waals surface area contributed by atoms with E-state index in [0.29, 0.717) is 12.2 Å². The van der Waals surface area contributed by atoms with Crippen LogP contribution in [0.1, 0.15) is 53.9 Å². The second-order valence-corrected chi connectivity index (χ2v) is 8.01. The van der Waals surface area contributed by atoms with Gasteiger partial charge >= 0.3 is 0 Å². The topological polar surface area (TPSA) is 46.2 Å². The minimum absolute atomic E-state index is 0.121. The first kappa shape index (κ1) is 15.9. The number of nitrogens with one attached hydrogen (secondary N) is 1. The van der Waals surface area contributed by atoms with Gasteiger partial charge in [0, 0.05) is 5.54 Å². The van der Waals surface area contributed by atoms with Crippen molar-refractivity contribution in [2.24, 2.45) is 0 Å². The lowest BCUT2D eigenvalue weighted by atomic mass is 10.1. The highest BCUT2D eigenvalue weighted by atomic mass is 32.2. The Morgan fingerprint density at radius 2 is 1.75 bits per heavy atom. The van der Waals surface area contributed by atoms with Gasteiger partial charge in [0.1, 0.15) is 0 Å². The van der Waals surface area contributed by atoms with E-state index in [1.54, 1.807) is 6.92 Å². The van der Waals surface area contributed by atoms with Crippen LogP contribution in [0.25, 0.3) is 0 Å². The van der Waals surface area contributed by atoms with Crippen molar-refractivity contribution in [1.29, 1.82) is 0 Å². The normalized spacial score (nSPS) is 15.1. The molecule has 0 rings (SSSR count). The molecule has 0 radical (unpaired) electrons. The number of sulfone groups is 1. The Labute approximate surface area is 101 Å². The van der Waals surface area contributed by atoms with Gasteiger partial charge in [0.15, 0.2) is 9.84 Å². The van der Waals surface area contributed by atoms with Crippen molar-refractivity contribution >= 4 is 9.84 Å². The van der Waals surface area contributed by atoms with Crippen molar-refractivity contribution in [2.45, 2.75) is 64.7 Å². The molecule has 16 heavy (non-hydrogen) atoms. The fourth-order valence-corrected chi connectivity index (χ4v) is 2.86. The highest BCUT2D eigenvalue weighted by molar-refractivity contribution is 7.91. The smallest absolute Gasteiger partial charge is 0.152 e. The molecule has 4 heteroatoms. The number of hydrogen-bond donors (Lipinski definition) is 1. The van der Waals surface area contributed by atoms with Crippen LogP contribution in [0.15, 0.2) is 0 Å². The molecular formula is C12H27NO2S. The predicted molar refractivity (Wildman–Crippen MR) is 70.5 cm³/mol. The molecule has 0 heterocycles. The van der Waals surface area contributed by atoms with Crippen LogP contribution in [0, 0.1) is 0 Å². The third kappa shape index (κ3) is 7.23. The molecule has 0 aromatic heterocycles. The Morgan fingerprint density at radius 3 is 2.19 bits per heavy atom. The Bertz CT molecular complexity index is 278. The summed E-state index contributed by atoms with van der Waals surface area (Å²) >= 11 is 0. The molecule has 0 aromatic carbocycles. The number of rotatable bonds is 7. The zero-order valence-electron chi connectivity index (χ0n) is 11.3. The summed E-state index contributed by atoms with van der Waals surface area (Å²) in [6.07, 6.45) is 2.39. The SMILES string of the molecule is CCC(C)S(=O)(=O)CCCCNC(C)(C)C. The third-order valence-electron chi connectivity index (χ3n) is 2.70. The molecule has 0 aromatic rings. The zero-order valence-corrected chi connectivity index (χ0v) is 12.2. The van der Waals surface area contributed by atoms with Gasteiger partial charge in [0.2, 0.25) is 0 Å². The maximum Gasteiger partial charge on any atom is 0.152 e. The summed E-state index contributed by atoms with van der Waals surface area (Å²) in [6, 6.07) is 0. The average molecular weight is 249 g/mol. The van der Waals surface area contributed by atoms with Crippen molar-refractivity contribution in [3.63, 3.8) is 0 Å². The van der Waals surface area contributed by atoms with Crippen LogP contribution in [0.2, 0.25) is 0 Å². The van der Waals surface area contributed by atoms with Gasteiger partial charge < -0.3 is 5.32 Å². The van der Waals surface area contributed by atoms with Crippen molar-refractivity contribution in [3.05, 3.63) is 0 Å². The summed E-state index contributed by atoms with van der Waals surface area (Å²) in [5, 5.41) is 3.16. The zero-order chi connectivity index (χ0) is 12.8. The Morgan fingerprint density at radius 1 is 1.19 bits per heavy atom. The van der Waals surface area contributed by atoms with Gasteiger partial charge in [-0.15, -0.1) is 0 Å².